The Morgan fingerprint density at radius 2 is 1.88 bits per heavy atom. The predicted molar refractivity (Wildman–Crippen MR) is 68.6 cm³/mol. The van der Waals surface area contributed by atoms with E-state index in [9.17, 15) is 5.11 Å². The Balaban J connectivity index is 1.97. The van der Waals surface area contributed by atoms with Crippen LogP contribution in [0.4, 0.5) is 0 Å². The summed E-state index contributed by atoms with van der Waals surface area (Å²) in [5, 5.41) is 13.1. The number of likely N-dealkylation sites (tertiary alicyclic amines) is 1. The molecule has 1 atom stereocenters. The highest BCUT2D eigenvalue weighted by atomic mass is 16.3. The van der Waals surface area contributed by atoms with Crippen molar-refractivity contribution < 1.29 is 5.11 Å². The molecule has 0 saturated carbocycles. The Labute approximate surface area is 100 Å². The highest BCUT2D eigenvalue weighted by molar-refractivity contribution is 4.71. The molecule has 1 heterocycles. The van der Waals surface area contributed by atoms with Crippen LogP contribution in [0.1, 0.15) is 40.0 Å². The van der Waals surface area contributed by atoms with E-state index in [0.717, 1.165) is 26.1 Å². The third-order valence-electron chi connectivity index (χ3n) is 3.03. The number of hydrogen-bond donors (Lipinski definition) is 2. The van der Waals surface area contributed by atoms with Crippen LogP contribution < -0.4 is 5.32 Å². The number of nitrogens with zero attached hydrogens (tertiary/aromatic N) is 1. The van der Waals surface area contributed by atoms with Gasteiger partial charge in [-0.2, -0.15) is 0 Å². The Hall–Kier alpha value is -0.120. The monoisotopic (exact) mass is 228 g/mol. The fourth-order valence-electron chi connectivity index (χ4n) is 2.29. The zero-order chi connectivity index (χ0) is 12.0. The molecule has 96 valence electrons. The maximum Gasteiger partial charge on any atom is 0.0669 e. The van der Waals surface area contributed by atoms with E-state index in [2.05, 4.69) is 31.0 Å². The van der Waals surface area contributed by atoms with E-state index < -0.39 is 0 Å². The van der Waals surface area contributed by atoms with Gasteiger partial charge in [0.2, 0.25) is 0 Å². The smallest absolute Gasteiger partial charge is 0.0669 e. The van der Waals surface area contributed by atoms with Gasteiger partial charge in [-0.1, -0.05) is 20.8 Å². The van der Waals surface area contributed by atoms with Crippen LogP contribution >= 0.6 is 0 Å². The second-order valence-electron chi connectivity index (χ2n) is 6.17. The van der Waals surface area contributed by atoms with Crippen molar-refractivity contribution in [2.75, 3.05) is 32.7 Å². The summed E-state index contributed by atoms with van der Waals surface area (Å²) in [6, 6.07) is 0. The molecule has 0 aromatic carbocycles. The molecule has 1 saturated heterocycles. The van der Waals surface area contributed by atoms with Gasteiger partial charge in [-0.05, 0) is 37.8 Å². The molecule has 1 fully saturated rings. The topological polar surface area (TPSA) is 35.5 Å². The van der Waals surface area contributed by atoms with Crippen molar-refractivity contribution in [2.45, 2.75) is 46.1 Å². The Bertz CT molecular complexity index is 183. The van der Waals surface area contributed by atoms with Gasteiger partial charge in [-0.25, -0.2) is 0 Å². The molecular weight excluding hydrogens is 200 g/mol. The summed E-state index contributed by atoms with van der Waals surface area (Å²) in [7, 11) is 0. The molecule has 1 rings (SSSR count). The first-order chi connectivity index (χ1) is 7.47. The first-order valence-corrected chi connectivity index (χ1v) is 6.58. The molecular formula is C13H28N2O. The number of nitrogens with one attached hydrogen (secondary N) is 1. The summed E-state index contributed by atoms with van der Waals surface area (Å²) >= 11 is 0. The van der Waals surface area contributed by atoms with E-state index in [1.165, 1.54) is 25.9 Å². The van der Waals surface area contributed by atoms with Crippen LogP contribution in [-0.2, 0) is 0 Å². The first kappa shape index (κ1) is 13.9. The molecule has 0 aromatic rings. The third-order valence-corrected chi connectivity index (χ3v) is 3.03. The van der Waals surface area contributed by atoms with Crippen molar-refractivity contribution in [1.29, 1.82) is 0 Å². The summed E-state index contributed by atoms with van der Waals surface area (Å²) < 4.78 is 0. The third kappa shape index (κ3) is 6.46. The van der Waals surface area contributed by atoms with Gasteiger partial charge >= 0.3 is 0 Å². The van der Waals surface area contributed by atoms with E-state index in [0.29, 0.717) is 0 Å². The first-order valence-electron chi connectivity index (χ1n) is 6.58. The average Bonchev–Trinajstić information content (AvgIpc) is 2.62. The lowest BCUT2D eigenvalue weighted by atomic mass is 9.89. The van der Waals surface area contributed by atoms with Crippen molar-refractivity contribution in [2.24, 2.45) is 5.41 Å². The molecule has 0 bridgehead atoms. The Kier molecular flexibility index (Phi) is 5.73. The van der Waals surface area contributed by atoms with Crippen LogP contribution in [0.5, 0.6) is 0 Å². The van der Waals surface area contributed by atoms with Gasteiger partial charge in [0.1, 0.15) is 0 Å². The van der Waals surface area contributed by atoms with Gasteiger partial charge in [0, 0.05) is 19.6 Å². The number of aliphatic hydroxyl groups excluding tert-OH is 1. The van der Waals surface area contributed by atoms with Gasteiger partial charge in [0.05, 0.1) is 6.10 Å². The standard InChI is InChI=1S/C13H28N2O/c1-13(2,3)10-12(16)11-14-6-9-15-7-4-5-8-15/h12,14,16H,4-11H2,1-3H3. The van der Waals surface area contributed by atoms with Crippen LogP contribution in [0, 0.1) is 5.41 Å². The summed E-state index contributed by atoms with van der Waals surface area (Å²) in [6.07, 6.45) is 3.36. The van der Waals surface area contributed by atoms with E-state index in [1.54, 1.807) is 0 Å². The summed E-state index contributed by atoms with van der Waals surface area (Å²) in [5.41, 5.74) is 0.218. The Morgan fingerprint density at radius 3 is 2.44 bits per heavy atom. The molecule has 1 aliphatic heterocycles. The van der Waals surface area contributed by atoms with E-state index >= 15 is 0 Å². The normalized spacial score (nSPS) is 20.2. The van der Waals surface area contributed by atoms with Crippen LogP contribution in [-0.4, -0.2) is 48.8 Å². The quantitative estimate of drug-likeness (QED) is 0.676. The molecule has 2 N–H and O–H groups in total. The summed E-state index contributed by atoms with van der Waals surface area (Å²) in [5.74, 6) is 0. The maximum atomic E-state index is 9.80. The van der Waals surface area contributed by atoms with Crippen molar-refractivity contribution in [3.63, 3.8) is 0 Å². The molecule has 0 aromatic heterocycles. The number of rotatable bonds is 6. The maximum absolute atomic E-state index is 9.80. The van der Waals surface area contributed by atoms with Gasteiger partial charge in [0.25, 0.3) is 0 Å². The zero-order valence-electron chi connectivity index (χ0n) is 11.1. The molecule has 1 unspecified atom stereocenters. The lowest BCUT2D eigenvalue weighted by Gasteiger charge is -2.23. The fourth-order valence-corrected chi connectivity index (χ4v) is 2.29. The van der Waals surface area contributed by atoms with Crippen molar-refractivity contribution in [3.05, 3.63) is 0 Å². The van der Waals surface area contributed by atoms with Crippen molar-refractivity contribution in [1.82, 2.24) is 10.2 Å². The van der Waals surface area contributed by atoms with Crippen LogP contribution in [0.2, 0.25) is 0 Å². The highest BCUT2D eigenvalue weighted by Crippen LogP contribution is 2.20. The van der Waals surface area contributed by atoms with Crippen LogP contribution in [0.3, 0.4) is 0 Å². The molecule has 0 aliphatic carbocycles. The largest absolute Gasteiger partial charge is 0.392 e. The number of aliphatic hydroxyl groups is 1. The second kappa shape index (κ2) is 6.58. The average molecular weight is 228 g/mol. The molecule has 16 heavy (non-hydrogen) atoms. The van der Waals surface area contributed by atoms with E-state index in [4.69, 9.17) is 0 Å². The predicted octanol–water partition coefficient (Wildman–Crippen LogP) is 1.47. The minimum absolute atomic E-state index is 0.210. The van der Waals surface area contributed by atoms with Gasteiger partial charge < -0.3 is 15.3 Å². The van der Waals surface area contributed by atoms with Crippen LogP contribution in [0.15, 0.2) is 0 Å². The Morgan fingerprint density at radius 1 is 1.25 bits per heavy atom. The summed E-state index contributed by atoms with van der Waals surface area (Å²) in [6.45, 7) is 11.9. The van der Waals surface area contributed by atoms with Gasteiger partial charge in [-0.3, -0.25) is 0 Å². The van der Waals surface area contributed by atoms with Crippen molar-refractivity contribution in [3.8, 4) is 0 Å². The summed E-state index contributed by atoms with van der Waals surface area (Å²) in [4.78, 5) is 2.49. The van der Waals surface area contributed by atoms with Crippen LogP contribution in [0.25, 0.3) is 0 Å². The minimum Gasteiger partial charge on any atom is -0.392 e. The van der Waals surface area contributed by atoms with E-state index in [1.807, 2.05) is 0 Å². The molecule has 0 spiro atoms. The SMILES string of the molecule is CC(C)(C)CC(O)CNCCN1CCCC1. The van der Waals surface area contributed by atoms with Crippen molar-refractivity contribution >= 4 is 0 Å². The minimum atomic E-state index is -0.210. The highest BCUT2D eigenvalue weighted by Gasteiger charge is 2.16. The molecule has 0 amide bonds. The lowest BCUT2D eigenvalue weighted by Crippen LogP contribution is -2.35. The van der Waals surface area contributed by atoms with Gasteiger partial charge in [-0.15, -0.1) is 0 Å². The molecule has 3 nitrogen and oxygen atoms in total. The molecule has 1 aliphatic rings. The molecule has 3 heteroatoms. The van der Waals surface area contributed by atoms with Gasteiger partial charge in [0.15, 0.2) is 0 Å². The zero-order valence-corrected chi connectivity index (χ0v) is 11.1. The molecule has 0 radical (unpaired) electrons. The number of hydrogen-bond acceptors (Lipinski definition) is 3. The second-order valence-corrected chi connectivity index (χ2v) is 6.17. The van der Waals surface area contributed by atoms with E-state index in [-0.39, 0.29) is 11.5 Å². The lowest BCUT2D eigenvalue weighted by molar-refractivity contribution is 0.119. The fraction of sp³-hybridized carbons (Fsp3) is 1.00.